The highest BCUT2D eigenvalue weighted by Crippen LogP contribution is 2.28. The molecule has 0 radical (unpaired) electrons. The Kier molecular flexibility index (Phi) is 4.43. The van der Waals surface area contributed by atoms with Crippen LogP contribution in [0, 0.1) is 12.8 Å². The SMILES string of the molecule is Cc1cc(C(=O)N2CCC(C)CC2)nc([C@@H]2CCCN2C)n1. The quantitative estimate of drug-likeness (QED) is 0.842. The van der Waals surface area contributed by atoms with Crippen molar-refractivity contribution < 1.29 is 4.79 Å². The fraction of sp³-hybridized carbons (Fsp3) is 0.706. The molecule has 120 valence electrons. The molecule has 2 saturated heterocycles. The van der Waals surface area contributed by atoms with Crippen LogP contribution in [-0.4, -0.2) is 52.4 Å². The molecule has 1 amide bonds. The Labute approximate surface area is 132 Å². The first kappa shape index (κ1) is 15.4. The summed E-state index contributed by atoms with van der Waals surface area (Å²) in [6, 6.07) is 2.09. The molecule has 0 N–H and O–H groups in total. The number of aryl methyl sites for hydroxylation is 1. The molecule has 0 bridgehead atoms. The normalized spacial score (nSPS) is 24.0. The third-order valence-corrected chi connectivity index (χ3v) is 4.98. The molecule has 5 heteroatoms. The van der Waals surface area contributed by atoms with Gasteiger partial charge in [-0.25, -0.2) is 9.97 Å². The highest BCUT2D eigenvalue weighted by atomic mass is 16.2. The second kappa shape index (κ2) is 6.32. The standard InChI is InChI=1S/C17H26N4O/c1-12-6-9-21(10-7-12)17(22)14-11-13(2)18-16(19-14)15-5-4-8-20(15)3/h11-12,15H,4-10H2,1-3H3/t15-/m0/s1. The Morgan fingerprint density at radius 1 is 1.18 bits per heavy atom. The number of carbonyl (C=O) groups excluding carboxylic acids is 1. The predicted molar refractivity (Wildman–Crippen MR) is 85.7 cm³/mol. The van der Waals surface area contributed by atoms with E-state index in [0.29, 0.717) is 5.69 Å². The summed E-state index contributed by atoms with van der Waals surface area (Å²) in [4.78, 5) is 26.2. The van der Waals surface area contributed by atoms with Gasteiger partial charge in [0.2, 0.25) is 0 Å². The fourth-order valence-corrected chi connectivity index (χ4v) is 3.46. The van der Waals surface area contributed by atoms with E-state index in [4.69, 9.17) is 0 Å². The maximum Gasteiger partial charge on any atom is 0.272 e. The van der Waals surface area contributed by atoms with E-state index in [2.05, 4.69) is 28.8 Å². The summed E-state index contributed by atoms with van der Waals surface area (Å²) in [6.07, 6.45) is 4.43. The van der Waals surface area contributed by atoms with E-state index in [1.54, 1.807) is 0 Å². The van der Waals surface area contributed by atoms with Crippen LogP contribution in [0.3, 0.4) is 0 Å². The summed E-state index contributed by atoms with van der Waals surface area (Å²) < 4.78 is 0. The van der Waals surface area contributed by atoms with Gasteiger partial charge in [0.1, 0.15) is 11.5 Å². The van der Waals surface area contributed by atoms with E-state index >= 15 is 0 Å². The van der Waals surface area contributed by atoms with Gasteiger partial charge in [-0.3, -0.25) is 9.69 Å². The zero-order valence-electron chi connectivity index (χ0n) is 13.9. The maximum absolute atomic E-state index is 12.7. The van der Waals surface area contributed by atoms with Crippen LogP contribution in [0.4, 0.5) is 0 Å². The molecule has 5 nitrogen and oxygen atoms in total. The van der Waals surface area contributed by atoms with Crippen molar-refractivity contribution in [2.24, 2.45) is 5.92 Å². The Bertz CT molecular complexity index is 552. The second-order valence-electron chi connectivity index (χ2n) is 6.87. The molecule has 2 aliphatic rings. The van der Waals surface area contributed by atoms with Gasteiger partial charge in [-0.2, -0.15) is 0 Å². The highest BCUT2D eigenvalue weighted by molar-refractivity contribution is 5.92. The predicted octanol–water partition coefficient (Wildman–Crippen LogP) is 2.42. The van der Waals surface area contributed by atoms with Crippen LogP contribution < -0.4 is 0 Å². The lowest BCUT2D eigenvalue weighted by Crippen LogP contribution is -2.38. The molecule has 1 aromatic rings. The van der Waals surface area contributed by atoms with E-state index in [-0.39, 0.29) is 11.9 Å². The summed E-state index contributed by atoms with van der Waals surface area (Å²) >= 11 is 0. The zero-order valence-corrected chi connectivity index (χ0v) is 13.9. The molecular weight excluding hydrogens is 276 g/mol. The summed E-state index contributed by atoms with van der Waals surface area (Å²) in [6.45, 7) is 6.98. The number of piperidine rings is 1. The maximum atomic E-state index is 12.7. The average Bonchev–Trinajstić information content (AvgIpc) is 2.93. The van der Waals surface area contributed by atoms with Gasteiger partial charge < -0.3 is 4.90 Å². The number of amides is 1. The lowest BCUT2D eigenvalue weighted by Gasteiger charge is -2.30. The lowest BCUT2D eigenvalue weighted by atomic mass is 9.99. The van der Waals surface area contributed by atoms with Crippen molar-refractivity contribution in [2.75, 3.05) is 26.7 Å². The van der Waals surface area contributed by atoms with Crippen molar-refractivity contribution in [3.8, 4) is 0 Å². The minimum Gasteiger partial charge on any atom is -0.337 e. The lowest BCUT2D eigenvalue weighted by molar-refractivity contribution is 0.0690. The van der Waals surface area contributed by atoms with Crippen molar-refractivity contribution >= 4 is 5.91 Å². The van der Waals surface area contributed by atoms with Gasteiger partial charge in [-0.05, 0) is 58.2 Å². The van der Waals surface area contributed by atoms with Crippen molar-refractivity contribution in [1.29, 1.82) is 0 Å². The van der Waals surface area contributed by atoms with Crippen LogP contribution in [0.25, 0.3) is 0 Å². The molecule has 2 fully saturated rings. The van der Waals surface area contributed by atoms with E-state index in [9.17, 15) is 4.79 Å². The monoisotopic (exact) mass is 302 g/mol. The van der Waals surface area contributed by atoms with Crippen molar-refractivity contribution in [3.05, 3.63) is 23.3 Å². The summed E-state index contributed by atoms with van der Waals surface area (Å²) in [7, 11) is 2.11. The third-order valence-electron chi connectivity index (χ3n) is 4.98. The van der Waals surface area contributed by atoms with E-state index in [1.807, 2.05) is 17.9 Å². The molecule has 0 spiro atoms. The first-order valence-corrected chi connectivity index (χ1v) is 8.39. The molecule has 0 aromatic carbocycles. The molecule has 0 unspecified atom stereocenters. The molecule has 3 heterocycles. The Morgan fingerprint density at radius 2 is 1.91 bits per heavy atom. The molecule has 0 saturated carbocycles. The Hall–Kier alpha value is -1.49. The number of rotatable bonds is 2. The van der Waals surface area contributed by atoms with Gasteiger partial charge in [0.05, 0.1) is 6.04 Å². The Morgan fingerprint density at radius 3 is 2.55 bits per heavy atom. The van der Waals surface area contributed by atoms with Gasteiger partial charge in [0.25, 0.3) is 5.91 Å². The van der Waals surface area contributed by atoms with Crippen LogP contribution >= 0.6 is 0 Å². The first-order chi connectivity index (χ1) is 10.5. The number of nitrogens with zero attached hydrogens (tertiary/aromatic N) is 4. The molecule has 3 rings (SSSR count). The summed E-state index contributed by atoms with van der Waals surface area (Å²) in [5.74, 6) is 1.60. The van der Waals surface area contributed by atoms with Gasteiger partial charge in [-0.1, -0.05) is 6.92 Å². The summed E-state index contributed by atoms with van der Waals surface area (Å²) in [5, 5.41) is 0. The van der Waals surface area contributed by atoms with Gasteiger partial charge >= 0.3 is 0 Å². The number of carbonyl (C=O) groups is 1. The third kappa shape index (κ3) is 3.14. The second-order valence-corrected chi connectivity index (χ2v) is 6.87. The average molecular weight is 302 g/mol. The van der Waals surface area contributed by atoms with Gasteiger partial charge in [0, 0.05) is 18.8 Å². The largest absolute Gasteiger partial charge is 0.337 e. The van der Waals surface area contributed by atoms with Crippen LogP contribution in [0.15, 0.2) is 6.07 Å². The molecule has 1 aromatic heterocycles. The first-order valence-electron chi connectivity index (χ1n) is 8.39. The molecule has 0 aliphatic carbocycles. The zero-order chi connectivity index (χ0) is 15.7. The van der Waals surface area contributed by atoms with Crippen molar-refractivity contribution in [2.45, 2.75) is 45.6 Å². The number of hydrogen-bond donors (Lipinski definition) is 0. The van der Waals surface area contributed by atoms with Gasteiger partial charge in [0.15, 0.2) is 0 Å². The number of aromatic nitrogens is 2. The smallest absolute Gasteiger partial charge is 0.272 e. The van der Waals surface area contributed by atoms with Crippen LogP contribution in [0.2, 0.25) is 0 Å². The van der Waals surface area contributed by atoms with Crippen LogP contribution in [0.5, 0.6) is 0 Å². The number of likely N-dealkylation sites (tertiary alicyclic amines) is 2. The molecule has 22 heavy (non-hydrogen) atoms. The van der Waals surface area contributed by atoms with Crippen molar-refractivity contribution in [1.82, 2.24) is 19.8 Å². The molecule has 2 aliphatic heterocycles. The van der Waals surface area contributed by atoms with E-state index < -0.39 is 0 Å². The van der Waals surface area contributed by atoms with Crippen LogP contribution in [-0.2, 0) is 0 Å². The van der Waals surface area contributed by atoms with Gasteiger partial charge in [-0.15, -0.1) is 0 Å². The fourth-order valence-electron chi connectivity index (χ4n) is 3.46. The van der Waals surface area contributed by atoms with Crippen LogP contribution in [0.1, 0.15) is 60.7 Å². The van der Waals surface area contributed by atoms with E-state index in [1.165, 1.54) is 6.42 Å². The molecular formula is C17H26N4O. The molecule has 1 atom stereocenters. The minimum absolute atomic E-state index is 0.0688. The minimum atomic E-state index is 0.0688. The van der Waals surface area contributed by atoms with E-state index in [0.717, 1.165) is 56.3 Å². The highest BCUT2D eigenvalue weighted by Gasteiger charge is 2.28. The Balaban J connectivity index is 1.81. The summed E-state index contributed by atoms with van der Waals surface area (Å²) in [5.41, 5.74) is 1.45. The number of hydrogen-bond acceptors (Lipinski definition) is 4. The topological polar surface area (TPSA) is 49.3 Å². The van der Waals surface area contributed by atoms with Crippen molar-refractivity contribution in [3.63, 3.8) is 0 Å².